The topological polar surface area (TPSA) is 55.6 Å². The molecule has 1 fully saturated rings. The van der Waals surface area contributed by atoms with E-state index in [0.29, 0.717) is 11.6 Å². The molecule has 1 aliphatic rings. The van der Waals surface area contributed by atoms with E-state index in [9.17, 15) is 4.79 Å². The number of hydrogen-bond donors (Lipinski definition) is 1. The molecule has 4 heteroatoms. The molecule has 2 N–H and O–H groups in total. The van der Waals surface area contributed by atoms with Gasteiger partial charge in [-0.05, 0) is 38.0 Å². The highest BCUT2D eigenvalue weighted by molar-refractivity contribution is 5.92. The Labute approximate surface area is 114 Å². The predicted molar refractivity (Wildman–Crippen MR) is 77.5 cm³/mol. The van der Waals surface area contributed by atoms with Gasteiger partial charge in [-0.1, -0.05) is 12.8 Å². The van der Waals surface area contributed by atoms with E-state index in [1.165, 1.54) is 32.8 Å². The molecule has 0 radical (unpaired) electrons. The molecule has 0 unspecified atom stereocenters. The van der Waals surface area contributed by atoms with Crippen LogP contribution in [0.25, 0.3) is 0 Å². The lowest BCUT2D eigenvalue weighted by atomic mass is 10.1. The van der Waals surface area contributed by atoms with Gasteiger partial charge in [0.25, 0.3) is 0 Å². The maximum atomic E-state index is 11.6. The fourth-order valence-corrected chi connectivity index (χ4v) is 2.88. The highest BCUT2D eigenvalue weighted by Gasteiger charge is 2.23. The van der Waals surface area contributed by atoms with Crippen molar-refractivity contribution in [1.29, 1.82) is 0 Å². The first-order chi connectivity index (χ1) is 9.17. The van der Waals surface area contributed by atoms with Gasteiger partial charge in [-0.2, -0.15) is 0 Å². The van der Waals surface area contributed by atoms with Crippen molar-refractivity contribution in [2.75, 3.05) is 24.3 Å². The monoisotopic (exact) mass is 262 g/mol. The lowest BCUT2D eigenvalue weighted by molar-refractivity contribution is 0.0601. The Morgan fingerprint density at radius 3 is 2.68 bits per heavy atom. The summed E-state index contributed by atoms with van der Waals surface area (Å²) in [6.45, 7) is 3.03. The van der Waals surface area contributed by atoms with Crippen molar-refractivity contribution in [2.24, 2.45) is 0 Å². The van der Waals surface area contributed by atoms with Crippen LogP contribution in [-0.4, -0.2) is 25.7 Å². The average molecular weight is 262 g/mol. The third-order valence-electron chi connectivity index (χ3n) is 3.87. The summed E-state index contributed by atoms with van der Waals surface area (Å²) in [7, 11) is 1.40. The first kappa shape index (κ1) is 13.7. The van der Waals surface area contributed by atoms with Gasteiger partial charge in [-0.3, -0.25) is 0 Å². The number of benzene rings is 1. The lowest BCUT2D eigenvalue weighted by Crippen LogP contribution is -2.33. The minimum absolute atomic E-state index is 0.316. The first-order valence-corrected chi connectivity index (χ1v) is 6.91. The second kappa shape index (κ2) is 5.95. The van der Waals surface area contributed by atoms with Crippen LogP contribution >= 0.6 is 0 Å². The summed E-state index contributed by atoms with van der Waals surface area (Å²) < 4.78 is 4.77. The van der Waals surface area contributed by atoms with Gasteiger partial charge in [-0.25, -0.2) is 4.79 Å². The van der Waals surface area contributed by atoms with Gasteiger partial charge in [0.1, 0.15) is 0 Å². The number of esters is 1. The standard InChI is InChI=1S/C15H22N2O2/c1-3-17(12-6-4-5-7-12)14-10-11(15(18)19-2)8-9-13(14)16/h8-10,12H,3-7,16H2,1-2H3. The molecule has 0 atom stereocenters. The minimum atomic E-state index is -0.316. The van der Waals surface area contributed by atoms with Gasteiger partial charge >= 0.3 is 5.97 Å². The molecule has 0 aliphatic heterocycles. The van der Waals surface area contributed by atoms with Crippen molar-refractivity contribution in [2.45, 2.75) is 38.6 Å². The number of hydrogen-bond acceptors (Lipinski definition) is 4. The summed E-state index contributed by atoms with van der Waals surface area (Å²) in [5.41, 5.74) is 8.32. The number of rotatable bonds is 4. The Hall–Kier alpha value is -1.71. The summed E-state index contributed by atoms with van der Waals surface area (Å²) in [6, 6.07) is 5.90. The fourth-order valence-electron chi connectivity index (χ4n) is 2.88. The van der Waals surface area contributed by atoms with Gasteiger partial charge in [-0.15, -0.1) is 0 Å². The summed E-state index contributed by atoms with van der Waals surface area (Å²) in [5, 5.41) is 0. The van der Waals surface area contributed by atoms with E-state index in [1.807, 2.05) is 6.07 Å². The number of nitrogen functional groups attached to an aromatic ring is 1. The zero-order valence-corrected chi connectivity index (χ0v) is 11.7. The predicted octanol–water partition coefficient (Wildman–Crippen LogP) is 2.82. The second-order valence-electron chi connectivity index (χ2n) is 4.99. The van der Waals surface area contributed by atoms with Crippen molar-refractivity contribution in [1.82, 2.24) is 0 Å². The van der Waals surface area contributed by atoms with Crippen LogP contribution in [0.5, 0.6) is 0 Å². The van der Waals surface area contributed by atoms with Gasteiger partial charge in [0.2, 0.25) is 0 Å². The molecule has 0 spiro atoms. The smallest absolute Gasteiger partial charge is 0.337 e. The molecule has 4 nitrogen and oxygen atoms in total. The van der Waals surface area contributed by atoms with Crippen LogP contribution in [0.2, 0.25) is 0 Å². The molecular formula is C15H22N2O2. The molecule has 1 aromatic rings. The van der Waals surface area contributed by atoms with Crippen LogP contribution in [-0.2, 0) is 4.74 Å². The zero-order valence-electron chi connectivity index (χ0n) is 11.7. The van der Waals surface area contributed by atoms with Gasteiger partial charge in [0.05, 0.1) is 24.0 Å². The SMILES string of the molecule is CCN(c1cc(C(=O)OC)ccc1N)C1CCCC1. The number of methoxy groups -OCH3 is 1. The fraction of sp³-hybridized carbons (Fsp3) is 0.533. The van der Waals surface area contributed by atoms with E-state index in [2.05, 4.69) is 11.8 Å². The summed E-state index contributed by atoms with van der Waals surface area (Å²) in [5.74, 6) is -0.316. The number of ether oxygens (including phenoxy) is 1. The van der Waals surface area contributed by atoms with Crippen LogP contribution < -0.4 is 10.6 Å². The Morgan fingerprint density at radius 1 is 1.42 bits per heavy atom. The van der Waals surface area contributed by atoms with Crippen molar-refractivity contribution in [3.8, 4) is 0 Å². The van der Waals surface area contributed by atoms with E-state index < -0.39 is 0 Å². The molecule has 0 heterocycles. The number of carbonyl (C=O) groups excluding carboxylic acids is 1. The van der Waals surface area contributed by atoms with Crippen molar-refractivity contribution in [3.63, 3.8) is 0 Å². The van der Waals surface area contributed by atoms with E-state index in [4.69, 9.17) is 10.5 Å². The quantitative estimate of drug-likeness (QED) is 0.669. The largest absolute Gasteiger partial charge is 0.465 e. The van der Waals surface area contributed by atoms with Crippen LogP contribution in [0.15, 0.2) is 18.2 Å². The summed E-state index contributed by atoms with van der Waals surface area (Å²) in [4.78, 5) is 13.9. The molecule has 0 amide bonds. The Morgan fingerprint density at radius 2 is 2.11 bits per heavy atom. The van der Waals surface area contributed by atoms with E-state index in [1.54, 1.807) is 12.1 Å². The van der Waals surface area contributed by atoms with Gasteiger partial charge < -0.3 is 15.4 Å². The number of nitrogens with two attached hydrogens (primary N) is 1. The van der Waals surface area contributed by atoms with Crippen LogP contribution in [0.4, 0.5) is 11.4 Å². The van der Waals surface area contributed by atoms with Crippen LogP contribution in [0.3, 0.4) is 0 Å². The molecule has 1 saturated carbocycles. The molecule has 0 aromatic heterocycles. The number of carbonyl (C=O) groups is 1. The van der Waals surface area contributed by atoms with Crippen molar-refractivity contribution < 1.29 is 9.53 Å². The molecule has 1 aliphatic carbocycles. The second-order valence-corrected chi connectivity index (χ2v) is 4.99. The molecule has 1 aromatic carbocycles. The Kier molecular flexibility index (Phi) is 4.30. The van der Waals surface area contributed by atoms with Gasteiger partial charge in [0.15, 0.2) is 0 Å². The van der Waals surface area contributed by atoms with E-state index in [-0.39, 0.29) is 5.97 Å². The van der Waals surface area contributed by atoms with E-state index in [0.717, 1.165) is 17.9 Å². The van der Waals surface area contributed by atoms with Crippen molar-refractivity contribution in [3.05, 3.63) is 23.8 Å². The number of anilines is 2. The average Bonchev–Trinajstić information content (AvgIpc) is 2.94. The maximum absolute atomic E-state index is 11.6. The molecule has 0 bridgehead atoms. The molecule has 104 valence electrons. The Balaban J connectivity index is 2.32. The van der Waals surface area contributed by atoms with Gasteiger partial charge in [0, 0.05) is 12.6 Å². The zero-order chi connectivity index (χ0) is 13.8. The third-order valence-corrected chi connectivity index (χ3v) is 3.87. The van der Waals surface area contributed by atoms with E-state index >= 15 is 0 Å². The highest BCUT2D eigenvalue weighted by Crippen LogP contribution is 2.32. The summed E-state index contributed by atoms with van der Waals surface area (Å²) >= 11 is 0. The molecule has 2 rings (SSSR count). The highest BCUT2D eigenvalue weighted by atomic mass is 16.5. The third kappa shape index (κ3) is 2.83. The van der Waals surface area contributed by atoms with Crippen molar-refractivity contribution >= 4 is 17.3 Å². The molecule has 0 saturated heterocycles. The molecule has 19 heavy (non-hydrogen) atoms. The molecular weight excluding hydrogens is 240 g/mol. The Bertz CT molecular complexity index is 453. The number of nitrogens with zero attached hydrogens (tertiary/aromatic N) is 1. The van der Waals surface area contributed by atoms with Crippen LogP contribution in [0.1, 0.15) is 43.0 Å². The minimum Gasteiger partial charge on any atom is -0.465 e. The first-order valence-electron chi connectivity index (χ1n) is 6.91. The normalized spacial score (nSPS) is 15.5. The summed E-state index contributed by atoms with van der Waals surface area (Å²) in [6.07, 6.45) is 4.96. The maximum Gasteiger partial charge on any atom is 0.337 e. The van der Waals surface area contributed by atoms with Crippen LogP contribution in [0, 0.1) is 0 Å². The lowest BCUT2D eigenvalue weighted by Gasteiger charge is -2.31.